The van der Waals surface area contributed by atoms with E-state index in [2.05, 4.69) is 35.5 Å². The summed E-state index contributed by atoms with van der Waals surface area (Å²) in [6.45, 7) is 8.49. The summed E-state index contributed by atoms with van der Waals surface area (Å²) >= 11 is 1.32. The summed E-state index contributed by atoms with van der Waals surface area (Å²) in [4.78, 5) is 48.8. The lowest BCUT2D eigenvalue weighted by Crippen LogP contribution is -2.43. The minimum Gasteiger partial charge on any atom is -0.481 e. The van der Waals surface area contributed by atoms with E-state index in [1.54, 1.807) is 39.4 Å². The van der Waals surface area contributed by atoms with Crippen LogP contribution >= 0.6 is 11.3 Å². The van der Waals surface area contributed by atoms with Gasteiger partial charge in [0.25, 0.3) is 0 Å². The molecule has 1 aromatic carbocycles. The number of hydrogen-bond donors (Lipinski definition) is 4. The van der Waals surface area contributed by atoms with Crippen molar-refractivity contribution in [2.45, 2.75) is 46.1 Å². The van der Waals surface area contributed by atoms with Gasteiger partial charge in [-0.25, -0.2) is 29.7 Å². The monoisotopic (exact) mass is 576 g/mol. The highest BCUT2D eigenvalue weighted by atomic mass is 32.1. The smallest absolute Gasteiger partial charge is 0.321 e. The number of carbonyl (C=O) groups excluding carboxylic acids is 1. The average molecular weight is 577 g/mol. The van der Waals surface area contributed by atoms with Crippen LogP contribution in [0.15, 0.2) is 36.8 Å². The van der Waals surface area contributed by atoms with Gasteiger partial charge in [-0.15, -0.1) is 0 Å². The number of aromatic nitrogens is 5. The number of carboxylic acids is 1. The Balaban J connectivity index is 1.55. The highest BCUT2D eigenvalue weighted by Gasteiger charge is 2.37. The third kappa shape index (κ3) is 5.95. The predicted octanol–water partition coefficient (Wildman–Crippen LogP) is 4.27. The normalized spacial score (nSPS) is 15.1. The van der Waals surface area contributed by atoms with Gasteiger partial charge in [-0.05, 0) is 64.3 Å². The maximum atomic E-state index is 12.2. The third-order valence-corrected chi connectivity index (χ3v) is 8.19. The van der Waals surface area contributed by atoms with Crippen LogP contribution in [0.25, 0.3) is 32.7 Å². The van der Waals surface area contributed by atoms with Gasteiger partial charge in [-0.2, -0.15) is 0 Å². The molecule has 0 atom stereocenters. The van der Waals surface area contributed by atoms with Gasteiger partial charge in [0.05, 0.1) is 15.6 Å². The van der Waals surface area contributed by atoms with E-state index in [0.29, 0.717) is 66.2 Å². The number of aliphatic carboxylic acids is 1. The molecule has 4 aromatic rings. The van der Waals surface area contributed by atoms with Crippen molar-refractivity contribution >= 4 is 44.5 Å². The summed E-state index contributed by atoms with van der Waals surface area (Å²) in [5, 5.41) is 25.8. The van der Waals surface area contributed by atoms with Crippen LogP contribution < -0.4 is 15.5 Å². The summed E-state index contributed by atoms with van der Waals surface area (Å²) in [5.74, 6) is 0.718. The number of aliphatic hydroxyl groups is 1. The van der Waals surface area contributed by atoms with Crippen molar-refractivity contribution < 1.29 is 19.8 Å². The van der Waals surface area contributed by atoms with Gasteiger partial charge in [-0.3, -0.25) is 10.1 Å². The second-order valence-electron chi connectivity index (χ2n) is 10.8. The van der Waals surface area contributed by atoms with E-state index in [1.165, 1.54) is 11.3 Å². The van der Waals surface area contributed by atoms with E-state index >= 15 is 0 Å². The second-order valence-corrected chi connectivity index (χ2v) is 11.8. The first kappa shape index (κ1) is 28.3. The lowest BCUT2D eigenvalue weighted by atomic mass is 9.80. The highest BCUT2D eigenvalue weighted by molar-refractivity contribution is 7.22. The molecule has 1 aliphatic heterocycles. The molecule has 2 amide bonds. The Morgan fingerprint density at radius 3 is 2.44 bits per heavy atom. The largest absolute Gasteiger partial charge is 0.481 e. The van der Waals surface area contributed by atoms with Crippen LogP contribution in [0.2, 0.25) is 0 Å². The number of amides is 2. The number of nitrogens with one attached hydrogen (secondary N) is 2. The van der Waals surface area contributed by atoms with E-state index in [9.17, 15) is 19.8 Å². The number of piperidine rings is 1. The van der Waals surface area contributed by atoms with Crippen molar-refractivity contribution in [3.63, 3.8) is 0 Å². The number of benzene rings is 1. The Morgan fingerprint density at radius 2 is 1.80 bits per heavy atom. The van der Waals surface area contributed by atoms with Gasteiger partial charge in [0.1, 0.15) is 11.4 Å². The molecule has 3 aromatic heterocycles. The van der Waals surface area contributed by atoms with Crippen molar-refractivity contribution in [2.75, 3.05) is 29.9 Å². The van der Waals surface area contributed by atoms with Crippen LogP contribution in [0, 0.1) is 5.41 Å². The Hall–Kier alpha value is -4.23. The summed E-state index contributed by atoms with van der Waals surface area (Å²) in [6.07, 6.45) is 6.03. The quantitative estimate of drug-likeness (QED) is 0.249. The second kappa shape index (κ2) is 11.0. The Bertz CT molecular complexity index is 1590. The molecule has 13 heteroatoms. The molecule has 1 fully saturated rings. The molecule has 4 N–H and O–H groups in total. The number of rotatable bonds is 7. The molecule has 1 saturated heterocycles. The zero-order valence-corrected chi connectivity index (χ0v) is 24.1. The zero-order chi connectivity index (χ0) is 29.4. The van der Waals surface area contributed by atoms with E-state index in [4.69, 9.17) is 4.98 Å². The maximum Gasteiger partial charge on any atom is 0.321 e. The molecule has 0 saturated carbocycles. The Morgan fingerprint density at radius 1 is 1.10 bits per heavy atom. The van der Waals surface area contributed by atoms with Crippen LogP contribution in [-0.4, -0.2) is 66.8 Å². The van der Waals surface area contributed by atoms with Crippen LogP contribution in [0.1, 0.15) is 46.4 Å². The molecule has 4 heterocycles. The average Bonchev–Trinajstić information content (AvgIpc) is 3.35. The fourth-order valence-corrected chi connectivity index (χ4v) is 5.56. The van der Waals surface area contributed by atoms with Gasteiger partial charge in [0, 0.05) is 49.4 Å². The molecular formula is C28H32N8O4S. The lowest BCUT2D eigenvalue weighted by Gasteiger charge is -2.37. The standard InChI is InChI=1S/C28H32N8O4S/c1-5-29-25(39)35-26-33-19-13-16(17-14-31-23(32-15-17)27(2,3)40)12-18(21(19)41-26)22-30-9-6-20(34-22)36-10-7-28(4,8-11-36)24(37)38/h6,9,12-15,40H,5,7-8,10-11H2,1-4H3,(H,37,38)(H2,29,33,35,39). The van der Waals surface area contributed by atoms with E-state index in [-0.39, 0.29) is 6.03 Å². The topological polar surface area (TPSA) is 166 Å². The number of hydrogen-bond acceptors (Lipinski definition) is 10. The van der Waals surface area contributed by atoms with Crippen molar-refractivity contribution in [3.05, 3.63) is 42.6 Å². The number of fused-ring (bicyclic) bond motifs is 1. The highest BCUT2D eigenvalue weighted by Crippen LogP contribution is 2.39. The summed E-state index contributed by atoms with van der Waals surface area (Å²) in [7, 11) is 0. The lowest BCUT2D eigenvalue weighted by molar-refractivity contribution is -0.149. The van der Waals surface area contributed by atoms with Gasteiger partial charge in [0.2, 0.25) is 0 Å². The number of carbonyl (C=O) groups is 2. The first-order valence-electron chi connectivity index (χ1n) is 13.3. The zero-order valence-electron chi connectivity index (χ0n) is 23.3. The molecule has 0 unspecified atom stereocenters. The Kier molecular flexibility index (Phi) is 7.58. The predicted molar refractivity (Wildman–Crippen MR) is 157 cm³/mol. The van der Waals surface area contributed by atoms with Gasteiger partial charge in [-0.1, -0.05) is 11.3 Å². The Labute approximate surface area is 240 Å². The van der Waals surface area contributed by atoms with Crippen LogP contribution in [-0.2, 0) is 10.4 Å². The first-order valence-corrected chi connectivity index (χ1v) is 14.1. The fourth-order valence-electron chi connectivity index (χ4n) is 4.61. The molecule has 1 aliphatic rings. The maximum absolute atomic E-state index is 12.2. The number of anilines is 2. The summed E-state index contributed by atoms with van der Waals surface area (Å²) < 4.78 is 0.795. The molecule has 0 bridgehead atoms. The molecular weight excluding hydrogens is 544 g/mol. The number of nitrogens with zero attached hydrogens (tertiary/aromatic N) is 6. The molecule has 5 rings (SSSR count). The van der Waals surface area contributed by atoms with Crippen molar-refractivity contribution in [1.29, 1.82) is 0 Å². The molecule has 0 radical (unpaired) electrons. The van der Waals surface area contributed by atoms with Gasteiger partial charge < -0.3 is 20.4 Å². The summed E-state index contributed by atoms with van der Waals surface area (Å²) in [5.41, 5.74) is 0.935. The number of carboxylic acid groups (broad SMARTS) is 1. The van der Waals surface area contributed by atoms with Crippen molar-refractivity contribution in [3.8, 4) is 22.5 Å². The number of urea groups is 1. The van der Waals surface area contributed by atoms with Crippen molar-refractivity contribution in [2.24, 2.45) is 5.41 Å². The van der Waals surface area contributed by atoms with Crippen LogP contribution in [0.4, 0.5) is 15.7 Å². The first-order chi connectivity index (χ1) is 19.5. The van der Waals surface area contributed by atoms with Gasteiger partial charge >= 0.3 is 12.0 Å². The molecule has 12 nitrogen and oxygen atoms in total. The van der Waals surface area contributed by atoms with E-state index in [0.717, 1.165) is 15.8 Å². The summed E-state index contributed by atoms with van der Waals surface area (Å²) in [6, 6.07) is 5.31. The SMILES string of the molecule is CCNC(=O)Nc1nc2cc(-c3cnc(C(C)(C)O)nc3)cc(-c3nccc(N4CCC(C)(C(=O)O)CC4)n3)c2s1. The molecule has 41 heavy (non-hydrogen) atoms. The van der Waals surface area contributed by atoms with Crippen LogP contribution in [0.3, 0.4) is 0 Å². The van der Waals surface area contributed by atoms with E-state index < -0.39 is 17.0 Å². The molecule has 0 aliphatic carbocycles. The van der Waals surface area contributed by atoms with Crippen LogP contribution in [0.5, 0.6) is 0 Å². The van der Waals surface area contributed by atoms with Gasteiger partial charge in [0.15, 0.2) is 16.8 Å². The van der Waals surface area contributed by atoms with E-state index in [1.807, 2.05) is 25.1 Å². The molecule has 0 spiro atoms. The molecule has 214 valence electrons. The fraction of sp³-hybridized carbons (Fsp3) is 0.393. The minimum atomic E-state index is -1.17. The minimum absolute atomic E-state index is 0.307. The van der Waals surface area contributed by atoms with Crippen molar-refractivity contribution in [1.82, 2.24) is 30.2 Å². The number of thiazole rings is 1. The third-order valence-electron chi connectivity index (χ3n) is 7.17.